The quantitative estimate of drug-likeness (QED) is 0.0403. The van der Waals surface area contributed by atoms with Crippen molar-refractivity contribution in [1.29, 1.82) is 0 Å². The van der Waals surface area contributed by atoms with E-state index >= 15 is 0 Å². The van der Waals surface area contributed by atoms with Crippen molar-refractivity contribution in [1.82, 2.24) is 20.9 Å². The molecule has 0 bridgehead atoms. The number of nitrogens with one attached hydrogen (secondary N) is 3. The Morgan fingerprint density at radius 2 is 1.34 bits per heavy atom. The summed E-state index contributed by atoms with van der Waals surface area (Å²) in [6.07, 6.45) is 6.41. The highest BCUT2D eigenvalue weighted by Crippen LogP contribution is 2.42. The number of carbonyl (C=O) groups is 5. The first-order valence-electron chi connectivity index (χ1n) is 21.6. The molecular formula is C48H56N6O11. The van der Waals surface area contributed by atoms with Gasteiger partial charge in [-0.1, -0.05) is 37.1 Å². The van der Waals surface area contributed by atoms with Gasteiger partial charge in [0.1, 0.15) is 11.8 Å². The molecule has 1 atom stereocenters. The lowest BCUT2D eigenvalue weighted by Gasteiger charge is -2.29. The topological polar surface area (TPSA) is 205 Å². The van der Waals surface area contributed by atoms with Crippen LogP contribution in [0.5, 0.6) is 34.5 Å². The number of benzene rings is 4. The summed E-state index contributed by atoms with van der Waals surface area (Å²) >= 11 is 0. The summed E-state index contributed by atoms with van der Waals surface area (Å²) in [6, 6.07) is 21.3. The van der Waals surface area contributed by atoms with Gasteiger partial charge in [-0.3, -0.25) is 29.3 Å². The van der Waals surface area contributed by atoms with Crippen molar-refractivity contribution in [3.05, 3.63) is 95.1 Å². The Morgan fingerprint density at radius 3 is 2.00 bits per heavy atom. The monoisotopic (exact) mass is 892 g/mol. The predicted molar refractivity (Wildman–Crippen MR) is 240 cm³/mol. The molecule has 17 heteroatoms. The lowest BCUT2D eigenvalue weighted by Crippen LogP contribution is -2.52. The highest BCUT2D eigenvalue weighted by Gasteiger charge is 2.40. The molecule has 4 aromatic carbocycles. The molecule has 0 radical (unpaired) electrons. The van der Waals surface area contributed by atoms with E-state index in [1.807, 2.05) is 36.4 Å². The third kappa shape index (κ3) is 13.0. The molecule has 2 heterocycles. The molecule has 4 aromatic rings. The number of azo groups is 1. The van der Waals surface area contributed by atoms with Crippen LogP contribution in [0.3, 0.4) is 0 Å². The van der Waals surface area contributed by atoms with Crippen LogP contribution in [0, 0.1) is 0 Å². The van der Waals surface area contributed by atoms with Gasteiger partial charge < -0.3 is 44.0 Å². The van der Waals surface area contributed by atoms with E-state index in [9.17, 15) is 24.0 Å². The number of unbranched alkanes of at least 4 members (excludes halogenated alkanes) is 3. The van der Waals surface area contributed by atoms with Gasteiger partial charge in [-0.15, -0.1) is 0 Å². The Bertz CT molecular complexity index is 2340. The Kier molecular flexibility index (Phi) is 17.1. The first-order chi connectivity index (χ1) is 31.6. The van der Waals surface area contributed by atoms with Crippen LogP contribution in [0.25, 0.3) is 0 Å². The van der Waals surface area contributed by atoms with E-state index in [0.717, 1.165) is 56.3 Å². The molecule has 5 amide bonds. The van der Waals surface area contributed by atoms with Crippen LogP contribution < -0.4 is 44.4 Å². The fourth-order valence-corrected chi connectivity index (χ4v) is 7.61. The predicted octanol–water partition coefficient (Wildman–Crippen LogP) is 6.32. The van der Waals surface area contributed by atoms with Gasteiger partial charge in [-0.2, -0.15) is 10.2 Å². The van der Waals surface area contributed by atoms with Gasteiger partial charge in [0.05, 0.1) is 39.8 Å². The van der Waals surface area contributed by atoms with Gasteiger partial charge in [0.15, 0.2) is 36.2 Å². The van der Waals surface area contributed by atoms with Crippen molar-refractivity contribution < 1.29 is 52.4 Å². The largest absolute Gasteiger partial charge is 0.493 e. The Hall–Kier alpha value is -7.17. The Morgan fingerprint density at radius 1 is 0.692 bits per heavy atom. The fourth-order valence-electron chi connectivity index (χ4n) is 7.61. The highest BCUT2D eigenvalue weighted by atomic mass is 16.5. The van der Waals surface area contributed by atoms with Gasteiger partial charge >= 0.3 is 0 Å². The Labute approximate surface area is 378 Å². The zero-order valence-electron chi connectivity index (χ0n) is 37.2. The zero-order valence-corrected chi connectivity index (χ0v) is 37.2. The van der Waals surface area contributed by atoms with Gasteiger partial charge in [0.25, 0.3) is 17.7 Å². The zero-order chi connectivity index (χ0) is 46.1. The molecule has 0 spiro atoms. The molecule has 1 unspecified atom stereocenters. The molecule has 0 saturated carbocycles. The molecule has 0 aromatic heterocycles. The minimum Gasteiger partial charge on any atom is -0.493 e. The first-order valence-corrected chi connectivity index (χ1v) is 21.6. The highest BCUT2D eigenvalue weighted by molar-refractivity contribution is 6.06. The number of hydrogen-bond acceptors (Lipinski definition) is 13. The second-order valence-corrected chi connectivity index (χ2v) is 15.5. The molecule has 2 aliphatic rings. The summed E-state index contributed by atoms with van der Waals surface area (Å²) in [7, 11) is 6.16. The summed E-state index contributed by atoms with van der Waals surface area (Å²) in [5.41, 5.74) is 4.16. The van der Waals surface area contributed by atoms with Crippen molar-refractivity contribution in [3.63, 3.8) is 0 Å². The lowest BCUT2D eigenvalue weighted by atomic mass is 10.0. The number of amides is 5. The summed E-state index contributed by atoms with van der Waals surface area (Å²) < 4.78 is 33.4. The fraction of sp³-hybridized carbons (Fsp3) is 0.396. The smallest absolute Gasteiger partial charge is 0.257 e. The van der Waals surface area contributed by atoms with Crippen molar-refractivity contribution in [2.75, 3.05) is 54.7 Å². The average Bonchev–Trinajstić information content (AvgIpc) is 3.65. The molecule has 0 aliphatic carbocycles. The summed E-state index contributed by atoms with van der Waals surface area (Å²) in [4.78, 5) is 63.9. The molecular weight excluding hydrogens is 837 g/mol. The number of piperidine rings is 1. The van der Waals surface area contributed by atoms with Crippen LogP contribution in [0.15, 0.2) is 83.0 Å². The van der Waals surface area contributed by atoms with Crippen LogP contribution in [0.2, 0.25) is 0 Å². The van der Waals surface area contributed by atoms with E-state index < -0.39 is 11.9 Å². The van der Waals surface area contributed by atoms with Crippen molar-refractivity contribution in [2.24, 2.45) is 10.2 Å². The third-order valence-corrected chi connectivity index (χ3v) is 11.0. The number of rotatable bonds is 24. The number of ether oxygens (including phenoxy) is 6. The standard InChI is InChI=1S/C48H56N6O11/c1-60-39-20-18-32(25-40(39)61-2)13-9-12-31-14-10-15-34(24-31)64-29-44(56)49-22-7-5-6-8-23-50-45(57)30-65-46-41(62-3)26-33(27-42(46)63-4)52-53-37-17-11-16-35-36(37)28-54(48(35)59)38-19-21-43(55)51-47(38)58/h10-11,14-18,20,24-27,38H,5-9,12-13,19,21-23,28-30H2,1-4H3,(H,49,56)(H,50,57)(H,51,55,58)/b53-52-. The number of fused-ring (bicyclic) bond motifs is 1. The number of nitrogens with zero attached hydrogens (tertiary/aromatic N) is 3. The molecule has 3 N–H and O–H groups in total. The van der Waals surface area contributed by atoms with Crippen molar-refractivity contribution in [2.45, 2.75) is 70.4 Å². The van der Waals surface area contributed by atoms with Gasteiger partial charge in [0, 0.05) is 49.3 Å². The molecule has 6 rings (SSSR count). The minimum atomic E-state index is -0.748. The number of imide groups is 1. The van der Waals surface area contributed by atoms with Crippen LogP contribution in [-0.4, -0.2) is 95.2 Å². The maximum atomic E-state index is 13.2. The maximum absolute atomic E-state index is 13.2. The second-order valence-electron chi connectivity index (χ2n) is 15.5. The molecule has 344 valence electrons. The summed E-state index contributed by atoms with van der Waals surface area (Å²) in [5, 5.41) is 16.9. The number of hydrogen-bond donors (Lipinski definition) is 3. The van der Waals surface area contributed by atoms with Crippen molar-refractivity contribution >= 4 is 40.9 Å². The number of methoxy groups -OCH3 is 4. The van der Waals surface area contributed by atoms with Crippen molar-refractivity contribution in [3.8, 4) is 34.5 Å². The number of carbonyl (C=O) groups excluding carboxylic acids is 5. The maximum Gasteiger partial charge on any atom is 0.257 e. The van der Waals surface area contributed by atoms with Crippen LogP contribution >= 0.6 is 0 Å². The van der Waals surface area contributed by atoms with Gasteiger partial charge in [-0.25, -0.2) is 0 Å². The van der Waals surface area contributed by atoms with Crippen LogP contribution in [0.4, 0.5) is 11.4 Å². The van der Waals surface area contributed by atoms with E-state index in [1.54, 1.807) is 44.6 Å². The third-order valence-electron chi connectivity index (χ3n) is 11.0. The lowest BCUT2D eigenvalue weighted by molar-refractivity contribution is -0.137. The van der Waals surface area contributed by atoms with Gasteiger partial charge in [-0.05, 0) is 86.1 Å². The van der Waals surface area contributed by atoms with Crippen LogP contribution in [0.1, 0.15) is 72.0 Å². The second kappa shape index (κ2) is 23.5. The molecule has 65 heavy (non-hydrogen) atoms. The first kappa shape index (κ1) is 47.3. The van der Waals surface area contributed by atoms with E-state index in [-0.39, 0.29) is 73.5 Å². The SMILES string of the molecule is COc1ccc(CCCc2cccc(OCC(=O)NCCCCCCNC(=O)COc3c(OC)cc(/N=N\c4cccc5c4CN(C4CCC(=O)NC4=O)C5=O)cc3OC)c2)cc1OC. The van der Waals surface area contributed by atoms with E-state index in [1.165, 1.54) is 24.7 Å². The van der Waals surface area contributed by atoms with Gasteiger partial charge in [0.2, 0.25) is 17.6 Å². The minimum absolute atomic E-state index is 0.0634. The van der Waals surface area contributed by atoms with E-state index in [2.05, 4.69) is 32.2 Å². The number of aryl methyl sites for hydroxylation is 2. The van der Waals surface area contributed by atoms with Crippen LogP contribution in [-0.2, 0) is 38.6 Å². The average molecular weight is 893 g/mol. The summed E-state index contributed by atoms with van der Waals surface area (Å²) in [6.45, 7) is 0.803. The summed E-state index contributed by atoms with van der Waals surface area (Å²) in [5.74, 6) is 1.19. The normalized spacial score (nSPS) is 14.4. The molecule has 1 saturated heterocycles. The molecule has 1 fully saturated rings. The van der Waals surface area contributed by atoms with E-state index in [4.69, 9.17) is 28.4 Å². The van der Waals surface area contributed by atoms with E-state index in [0.29, 0.717) is 47.1 Å². The molecule has 17 nitrogen and oxygen atoms in total. The molecule has 2 aliphatic heterocycles. The Balaban J connectivity index is 0.858.